The zero-order valence-electron chi connectivity index (χ0n) is 11.2. The molecule has 19 heavy (non-hydrogen) atoms. The number of anilines is 1. The lowest BCUT2D eigenvalue weighted by Crippen LogP contribution is -2.40. The summed E-state index contributed by atoms with van der Waals surface area (Å²) in [7, 11) is 0. The second-order valence-electron chi connectivity index (χ2n) is 4.75. The predicted molar refractivity (Wildman–Crippen MR) is 74.3 cm³/mol. The van der Waals surface area contributed by atoms with Gasteiger partial charge in [-0.15, -0.1) is 0 Å². The van der Waals surface area contributed by atoms with E-state index in [1.165, 1.54) is 6.07 Å². The molecule has 3 N–H and O–H groups in total. The highest BCUT2D eigenvalue weighted by atomic mass is 19.1. The first-order valence-corrected chi connectivity index (χ1v) is 6.62. The molecular formula is C14H20FN3O. The van der Waals surface area contributed by atoms with Crippen molar-refractivity contribution in [1.29, 1.82) is 5.41 Å². The molecule has 1 aliphatic heterocycles. The van der Waals surface area contributed by atoms with Crippen molar-refractivity contribution in [3.8, 4) is 0 Å². The van der Waals surface area contributed by atoms with Crippen molar-refractivity contribution in [2.45, 2.75) is 25.9 Å². The van der Waals surface area contributed by atoms with Gasteiger partial charge in [-0.2, -0.15) is 0 Å². The number of nitrogens with two attached hydrogens (primary N) is 1. The van der Waals surface area contributed by atoms with Gasteiger partial charge in [0.1, 0.15) is 11.7 Å². The van der Waals surface area contributed by atoms with E-state index in [9.17, 15) is 4.39 Å². The summed E-state index contributed by atoms with van der Waals surface area (Å²) in [6.07, 6.45) is 2.20. The number of nitrogen functional groups attached to an aromatic ring is 1. The van der Waals surface area contributed by atoms with Crippen LogP contribution in [0.4, 0.5) is 10.1 Å². The number of halogens is 1. The van der Waals surface area contributed by atoms with E-state index in [-0.39, 0.29) is 17.8 Å². The highest BCUT2D eigenvalue weighted by Gasteiger charge is 2.22. The topological polar surface area (TPSA) is 62.3 Å². The minimum atomic E-state index is -0.329. The molecule has 0 aromatic heterocycles. The Morgan fingerprint density at radius 2 is 2.37 bits per heavy atom. The summed E-state index contributed by atoms with van der Waals surface area (Å²) in [6, 6.07) is 4.70. The van der Waals surface area contributed by atoms with Crippen LogP contribution in [0.3, 0.4) is 0 Å². The molecule has 0 saturated carbocycles. The number of amidine groups is 1. The fourth-order valence-corrected chi connectivity index (χ4v) is 2.46. The number of benzene rings is 1. The molecule has 0 amide bonds. The van der Waals surface area contributed by atoms with Gasteiger partial charge in [-0.3, -0.25) is 5.41 Å². The number of ether oxygens (including phenoxy) is 1. The van der Waals surface area contributed by atoms with Crippen molar-refractivity contribution < 1.29 is 9.13 Å². The first kappa shape index (κ1) is 13.8. The Kier molecular flexibility index (Phi) is 4.37. The zero-order valence-corrected chi connectivity index (χ0v) is 11.2. The molecule has 1 unspecified atom stereocenters. The fraction of sp³-hybridized carbons (Fsp3) is 0.500. The summed E-state index contributed by atoms with van der Waals surface area (Å²) in [5.74, 6) is -0.443. The van der Waals surface area contributed by atoms with E-state index >= 15 is 0 Å². The van der Waals surface area contributed by atoms with Crippen LogP contribution in [0.1, 0.15) is 25.3 Å². The Labute approximate surface area is 112 Å². The molecule has 5 heteroatoms. The van der Waals surface area contributed by atoms with Crippen molar-refractivity contribution in [3.63, 3.8) is 0 Å². The van der Waals surface area contributed by atoms with Crippen LogP contribution < -0.4 is 10.6 Å². The number of nitrogens with one attached hydrogen (secondary N) is 1. The van der Waals surface area contributed by atoms with Gasteiger partial charge < -0.3 is 15.4 Å². The van der Waals surface area contributed by atoms with Crippen molar-refractivity contribution >= 4 is 11.5 Å². The third kappa shape index (κ3) is 3.23. The molecule has 1 aliphatic rings. The third-order valence-electron chi connectivity index (χ3n) is 3.38. The van der Waals surface area contributed by atoms with Crippen molar-refractivity contribution in [2.24, 2.45) is 5.73 Å². The minimum Gasteiger partial charge on any atom is -0.384 e. The van der Waals surface area contributed by atoms with Gasteiger partial charge in [0.25, 0.3) is 0 Å². The van der Waals surface area contributed by atoms with Gasteiger partial charge in [0.05, 0.1) is 11.8 Å². The molecule has 0 bridgehead atoms. The Hall–Kier alpha value is -1.62. The van der Waals surface area contributed by atoms with Gasteiger partial charge in [-0.1, -0.05) is 0 Å². The van der Waals surface area contributed by atoms with E-state index in [0.29, 0.717) is 24.4 Å². The minimum absolute atomic E-state index is 0.115. The van der Waals surface area contributed by atoms with Crippen LogP contribution >= 0.6 is 0 Å². The number of piperidine rings is 1. The molecule has 1 aromatic rings. The SMILES string of the molecule is CCOC1CCCN(c2ccc(C(=N)N)cc2F)C1. The average molecular weight is 265 g/mol. The maximum Gasteiger partial charge on any atom is 0.147 e. The summed E-state index contributed by atoms with van der Waals surface area (Å²) in [6.45, 7) is 4.20. The van der Waals surface area contributed by atoms with E-state index in [0.717, 1.165) is 19.4 Å². The largest absolute Gasteiger partial charge is 0.384 e. The van der Waals surface area contributed by atoms with E-state index in [2.05, 4.69) is 0 Å². The first-order chi connectivity index (χ1) is 9.11. The fourth-order valence-electron chi connectivity index (χ4n) is 2.46. The highest BCUT2D eigenvalue weighted by molar-refractivity contribution is 5.95. The lowest BCUT2D eigenvalue weighted by molar-refractivity contribution is 0.0525. The summed E-state index contributed by atoms with van der Waals surface area (Å²) in [4.78, 5) is 2.00. The first-order valence-electron chi connectivity index (χ1n) is 6.62. The van der Waals surface area contributed by atoms with Crippen LogP contribution in [0, 0.1) is 11.2 Å². The molecule has 1 aromatic carbocycles. The molecular weight excluding hydrogens is 245 g/mol. The molecule has 2 rings (SSSR count). The van der Waals surface area contributed by atoms with Crippen molar-refractivity contribution in [3.05, 3.63) is 29.6 Å². The number of hydrogen-bond acceptors (Lipinski definition) is 3. The van der Waals surface area contributed by atoms with E-state index < -0.39 is 0 Å². The molecule has 1 saturated heterocycles. The van der Waals surface area contributed by atoms with Gasteiger partial charge in [-0.25, -0.2) is 4.39 Å². The van der Waals surface area contributed by atoms with E-state index in [1.807, 2.05) is 11.8 Å². The van der Waals surface area contributed by atoms with Gasteiger partial charge in [0.15, 0.2) is 0 Å². The molecule has 104 valence electrons. The van der Waals surface area contributed by atoms with Crippen molar-refractivity contribution in [2.75, 3.05) is 24.6 Å². The van der Waals surface area contributed by atoms with E-state index in [4.69, 9.17) is 15.9 Å². The Morgan fingerprint density at radius 3 is 3.00 bits per heavy atom. The normalized spacial score (nSPS) is 19.5. The van der Waals surface area contributed by atoms with Gasteiger partial charge in [0, 0.05) is 25.3 Å². The standard InChI is InChI=1S/C14H20FN3O/c1-2-19-11-4-3-7-18(9-11)13-6-5-10(14(16)17)8-12(13)15/h5-6,8,11H,2-4,7,9H2,1H3,(H3,16,17). The number of hydrogen-bond donors (Lipinski definition) is 2. The summed E-state index contributed by atoms with van der Waals surface area (Å²) < 4.78 is 19.7. The van der Waals surface area contributed by atoms with Crippen LogP contribution in [-0.2, 0) is 4.74 Å². The monoisotopic (exact) mass is 265 g/mol. The maximum atomic E-state index is 14.1. The van der Waals surface area contributed by atoms with Crippen LogP contribution in [-0.4, -0.2) is 31.6 Å². The van der Waals surface area contributed by atoms with Gasteiger partial charge in [0.2, 0.25) is 0 Å². The number of rotatable bonds is 4. The summed E-state index contributed by atoms with van der Waals surface area (Å²) in [5, 5.41) is 7.31. The Balaban J connectivity index is 2.15. The average Bonchev–Trinajstić information content (AvgIpc) is 2.39. The molecule has 4 nitrogen and oxygen atoms in total. The predicted octanol–water partition coefficient (Wildman–Crippen LogP) is 2.12. The molecule has 0 spiro atoms. The summed E-state index contributed by atoms with van der Waals surface area (Å²) >= 11 is 0. The quantitative estimate of drug-likeness (QED) is 0.647. The Morgan fingerprint density at radius 1 is 1.58 bits per heavy atom. The Bertz CT molecular complexity index is 462. The lowest BCUT2D eigenvalue weighted by atomic mass is 10.1. The molecule has 1 fully saturated rings. The molecule has 0 radical (unpaired) electrons. The van der Waals surface area contributed by atoms with Crippen LogP contribution in [0.15, 0.2) is 18.2 Å². The lowest BCUT2D eigenvalue weighted by Gasteiger charge is -2.34. The molecule has 1 heterocycles. The highest BCUT2D eigenvalue weighted by Crippen LogP contribution is 2.25. The zero-order chi connectivity index (χ0) is 13.8. The van der Waals surface area contributed by atoms with Crippen LogP contribution in [0.25, 0.3) is 0 Å². The van der Waals surface area contributed by atoms with Gasteiger partial charge in [-0.05, 0) is 38.0 Å². The summed E-state index contributed by atoms with van der Waals surface area (Å²) in [5.41, 5.74) is 6.34. The van der Waals surface area contributed by atoms with Gasteiger partial charge >= 0.3 is 0 Å². The number of nitrogens with zero attached hydrogens (tertiary/aromatic N) is 1. The molecule has 1 atom stereocenters. The van der Waals surface area contributed by atoms with E-state index in [1.54, 1.807) is 12.1 Å². The molecule has 0 aliphatic carbocycles. The van der Waals surface area contributed by atoms with Crippen molar-refractivity contribution in [1.82, 2.24) is 0 Å². The second-order valence-corrected chi connectivity index (χ2v) is 4.75. The second kappa shape index (κ2) is 6.02. The van der Waals surface area contributed by atoms with Crippen LogP contribution in [0.5, 0.6) is 0 Å². The van der Waals surface area contributed by atoms with Crippen LogP contribution in [0.2, 0.25) is 0 Å². The maximum absolute atomic E-state index is 14.1. The smallest absolute Gasteiger partial charge is 0.147 e. The third-order valence-corrected chi connectivity index (χ3v) is 3.38.